The van der Waals surface area contributed by atoms with Crippen LogP contribution < -0.4 is 0 Å². The van der Waals surface area contributed by atoms with Crippen molar-refractivity contribution in [3.05, 3.63) is 16.1 Å². The van der Waals surface area contributed by atoms with E-state index in [4.69, 9.17) is 4.74 Å². The van der Waals surface area contributed by atoms with Gasteiger partial charge in [0, 0.05) is 31.7 Å². The quantitative estimate of drug-likeness (QED) is 0.850. The summed E-state index contributed by atoms with van der Waals surface area (Å²) in [6, 6.07) is 0.734. The zero-order valence-corrected chi connectivity index (χ0v) is 14.3. The number of ether oxygens (including phenoxy) is 1. The van der Waals surface area contributed by atoms with Gasteiger partial charge in [-0.25, -0.2) is 4.98 Å². The number of hydrogen-bond donors (Lipinski definition) is 0. The van der Waals surface area contributed by atoms with Gasteiger partial charge >= 0.3 is 0 Å². The van der Waals surface area contributed by atoms with Gasteiger partial charge in [-0.2, -0.15) is 0 Å². The molecule has 0 spiro atoms. The second-order valence-corrected chi connectivity index (χ2v) is 7.23. The third-order valence-electron chi connectivity index (χ3n) is 4.72. The molecule has 0 bridgehead atoms. The third-order valence-corrected chi connectivity index (χ3v) is 5.76. The number of carbonyl (C=O) groups is 1. The molecule has 1 aromatic rings. The fourth-order valence-electron chi connectivity index (χ4n) is 3.49. The van der Waals surface area contributed by atoms with E-state index in [1.54, 1.807) is 17.5 Å². The van der Waals surface area contributed by atoms with Gasteiger partial charge in [0.15, 0.2) is 0 Å². The molecule has 2 atom stereocenters. The molecule has 1 aromatic heterocycles. The maximum absolute atomic E-state index is 12.8. The topological polar surface area (TPSA) is 45.7 Å². The number of nitrogens with zero attached hydrogens (tertiary/aromatic N) is 3. The number of amides is 1. The first-order chi connectivity index (χ1) is 10.7. The first-order valence-corrected chi connectivity index (χ1v) is 9.09. The molecule has 2 aliphatic heterocycles. The number of aromatic nitrogens is 1. The number of rotatable bonds is 4. The van der Waals surface area contributed by atoms with Gasteiger partial charge in [-0.05, 0) is 26.2 Å². The van der Waals surface area contributed by atoms with Gasteiger partial charge in [0.1, 0.15) is 4.88 Å². The average Bonchev–Trinajstić information content (AvgIpc) is 3.15. The van der Waals surface area contributed by atoms with Crippen molar-refractivity contribution in [2.45, 2.75) is 45.2 Å². The predicted octanol–water partition coefficient (Wildman–Crippen LogP) is 2.03. The fourth-order valence-corrected chi connectivity index (χ4v) is 4.46. The van der Waals surface area contributed by atoms with Gasteiger partial charge in [0.05, 0.1) is 24.4 Å². The van der Waals surface area contributed by atoms with Crippen molar-refractivity contribution in [1.82, 2.24) is 14.8 Å². The number of thiazole rings is 1. The Kier molecular flexibility index (Phi) is 5.10. The summed E-state index contributed by atoms with van der Waals surface area (Å²) < 4.78 is 5.44. The van der Waals surface area contributed by atoms with E-state index >= 15 is 0 Å². The molecule has 3 heterocycles. The Balaban J connectivity index is 1.65. The molecule has 0 radical (unpaired) electrons. The summed E-state index contributed by atoms with van der Waals surface area (Å²) >= 11 is 1.56. The molecule has 0 unspecified atom stereocenters. The van der Waals surface area contributed by atoms with Gasteiger partial charge < -0.3 is 9.64 Å². The Morgan fingerprint density at radius 3 is 2.91 bits per heavy atom. The first-order valence-electron chi connectivity index (χ1n) is 8.28. The molecular weight excluding hydrogens is 298 g/mol. The van der Waals surface area contributed by atoms with Crippen LogP contribution in [0.3, 0.4) is 0 Å². The van der Waals surface area contributed by atoms with Crippen molar-refractivity contribution in [2.75, 3.05) is 32.8 Å². The summed E-state index contributed by atoms with van der Waals surface area (Å²) in [5.74, 6) is 0.156. The van der Waals surface area contributed by atoms with Crippen LogP contribution in [-0.4, -0.2) is 65.6 Å². The summed E-state index contributed by atoms with van der Waals surface area (Å²) in [5, 5.41) is 1.07. The Morgan fingerprint density at radius 2 is 2.18 bits per heavy atom. The van der Waals surface area contributed by atoms with Crippen molar-refractivity contribution < 1.29 is 9.53 Å². The van der Waals surface area contributed by atoms with Crippen LogP contribution in [0.4, 0.5) is 0 Å². The molecule has 0 saturated carbocycles. The van der Waals surface area contributed by atoms with Gasteiger partial charge in [-0.15, -0.1) is 11.3 Å². The number of aryl methyl sites for hydroxylation is 1. The van der Waals surface area contributed by atoms with E-state index in [0.29, 0.717) is 6.04 Å². The minimum absolute atomic E-state index is 0.156. The SMILES string of the molecule is CCCc1ncc(C(=O)N2CC[C@@H](N3CCOCC3)[C@H]2C)s1. The van der Waals surface area contributed by atoms with E-state index in [9.17, 15) is 4.79 Å². The van der Waals surface area contributed by atoms with Crippen molar-refractivity contribution in [2.24, 2.45) is 0 Å². The van der Waals surface area contributed by atoms with Crippen LogP contribution in [0.15, 0.2) is 6.20 Å². The van der Waals surface area contributed by atoms with Gasteiger partial charge in [0.25, 0.3) is 5.91 Å². The van der Waals surface area contributed by atoms with Gasteiger partial charge in [-0.1, -0.05) is 6.92 Å². The van der Waals surface area contributed by atoms with E-state index in [0.717, 1.165) is 62.0 Å². The number of hydrogen-bond acceptors (Lipinski definition) is 5. The monoisotopic (exact) mass is 323 g/mol. The van der Waals surface area contributed by atoms with Crippen LogP contribution in [-0.2, 0) is 11.2 Å². The molecular formula is C16H25N3O2S. The second-order valence-electron chi connectivity index (χ2n) is 6.11. The van der Waals surface area contributed by atoms with Crippen molar-refractivity contribution >= 4 is 17.2 Å². The Labute approximate surface area is 136 Å². The van der Waals surface area contributed by atoms with Crippen molar-refractivity contribution in [3.8, 4) is 0 Å². The summed E-state index contributed by atoms with van der Waals surface area (Å²) in [6.45, 7) is 8.76. The van der Waals surface area contributed by atoms with E-state index in [2.05, 4.69) is 23.7 Å². The van der Waals surface area contributed by atoms with Crippen molar-refractivity contribution in [3.63, 3.8) is 0 Å². The van der Waals surface area contributed by atoms with Crippen LogP contribution in [0, 0.1) is 0 Å². The smallest absolute Gasteiger partial charge is 0.265 e. The first kappa shape index (κ1) is 15.9. The molecule has 1 amide bonds. The molecule has 3 rings (SSSR count). The van der Waals surface area contributed by atoms with Crippen LogP contribution in [0.2, 0.25) is 0 Å². The Morgan fingerprint density at radius 1 is 1.41 bits per heavy atom. The lowest BCUT2D eigenvalue weighted by Gasteiger charge is -2.35. The van der Waals surface area contributed by atoms with Crippen molar-refractivity contribution in [1.29, 1.82) is 0 Å². The largest absolute Gasteiger partial charge is 0.379 e. The number of likely N-dealkylation sites (tertiary alicyclic amines) is 1. The highest BCUT2D eigenvalue weighted by molar-refractivity contribution is 7.13. The van der Waals surface area contributed by atoms with E-state index < -0.39 is 0 Å². The molecule has 0 aromatic carbocycles. The Hall–Kier alpha value is -0.980. The minimum Gasteiger partial charge on any atom is -0.379 e. The average molecular weight is 323 g/mol. The molecule has 122 valence electrons. The highest BCUT2D eigenvalue weighted by Gasteiger charge is 2.38. The molecule has 0 aliphatic carbocycles. The molecule has 6 heteroatoms. The van der Waals surface area contributed by atoms with Crippen LogP contribution in [0.5, 0.6) is 0 Å². The molecule has 2 saturated heterocycles. The normalized spacial score (nSPS) is 26.5. The van der Waals surface area contributed by atoms with E-state index in [1.807, 2.05) is 4.90 Å². The maximum atomic E-state index is 12.8. The molecule has 22 heavy (non-hydrogen) atoms. The molecule has 2 fully saturated rings. The summed E-state index contributed by atoms with van der Waals surface area (Å²) in [6.07, 6.45) is 4.85. The predicted molar refractivity (Wildman–Crippen MR) is 87.4 cm³/mol. The number of morpholine rings is 1. The second kappa shape index (κ2) is 7.06. The van der Waals surface area contributed by atoms with E-state index in [-0.39, 0.29) is 11.9 Å². The highest BCUT2D eigenvalue weighted by Crippen LogP contribution is 2.27. The van der Waals surface area contributed by atoms with Crippen LogP contribution in [0.1, 0.15) is 41.4 Å². The van der Waals surface area contributed by atoms with E-state index in [1.165, 1.54) is 0 Å². The zero-order chi connectivity index (χ0) is 15.5. The summed E-state index contributed by atoms with van der Waals surface area (Å²) in [5.41, 5.74) is 0. The van der Waals surface area contributed by atoms with Gasteiger partial charge in [-0.3, -0.25) is 9.69 Å². The number of carbonyl (C=O) groups excluding carboxylic acids is 1. The zero-order valence-electron chi connectivity index (χ0n) is 13.5. The van der Waals surface area contributed by atoms with Crippen LogP contribution >= 0.6 is 11.3 Å². The lowest BCUT2D eigenvalue weighted by atomic mass is 10.1. The summed E-state index contributed by atoms with van der Waals surface area (Å²) in [4.78, 5) is 22.4. The van der Waals surface area contributed by atoms with Crippen LogP contribution in [0.25, 0.3) is 0 Å². The third kappa shape index (κ3) is 3.19. The molecule has 2 aliphatic rings. The lowest BCUT2D eigenvalue weighted by molar-refractivity contribution is 0.0105. The maximum Gasteiger partial charge on any atom is 0.265 e. The molecule has 5 nitrogen and oxygen atoms in total. The molecule has 0 N–H and O–H groups in total. The summed E-state index contributed by atoms with van der Waals surface area (Å²) in [7, 11) is 0. The van der Waals surface area contributed by atoms with Gasteiger partial charge in [0.2, 0.25) is 0 Å². The lowest BCUT2D eigenvalue weighted by Crippen LogP contribution is -2.49. The highest BCUT2D eigenvalue weighted by atomic mass is 32.1. The fraction of sp³-hybridized carbons (Fsp3) is 0.750. The minimum atomic E-state index is 0.156. The standard InChI is InChI=1S/C16H25N3O2S/c1-3-4-15-17-11-14(22-15)16(20)19-6-5-13(12(19)2)18-7-9-21-10-8-18/h11-13H,3-10H2,1-2H3/t12-,13-/m1/s1. The Bertz CT molecular complexity index is 513.